The molecule has 0 saturated heterocycles. The van der Waals surface area contributed by atoms with Gasteiger partial charge >= 0.3 is 5.69 Å². The SMILES string of the molecule is CNC(=O)c1ccc2c(c1)NC(c1cc[nH]c1)N2c1ccc2[nH]c(=O)[nH]c2c1. The summed E-state index contributed by atoms with van der Waals surface area (Å²) in [5.41, 5.74) is 5.66. The first-order chi connectivity index (χ1) is 13.6. The maximum atomic E-state index is 12.0. The number of fused-ring (bicyclic) bond motifs is 2. The summed E-state index contributed by atoms with van der Waals surface area (Å²) < 4.78 is 0. The Bertz CT molecular complexity index is 1240. The van der Waals surface area contributed by atoms with E-state index in [1.54, 1.807) is 7.05 Å². The fourth-order valence-corrected chi connectivity index (χ4v) is 3.70. The number of aromatic amines is 3. The number of H-pyrrole nitrogens is 3. The van der Waals surface area contributed by atoms with Gasteiger partial charge in [0, 0.05) is 36.3 Å². The highest BCUT2D eigenvalue weighted by molar-refractivity contribution is 5.97. The molecule has 0 radical (unpaired) electrons. The van der Waals surface area contributed by atoms with Gasteiger partial charge in [-0.05, 0) is 42.5 Å². The summed E-state index contributed by atoms with van der Waals surface area (Å²) in [6.45, 7) is 0. The molecule has 1 aliphatic rings. The predicted molar refractivity (Wildman–Crippen MR) is 108 cm³/mol. The zero-order valence-electron chi connectivity index (χ0n) is 15.0. The van der Waals surface area contributed by atoms with E-state index in [-0.39, 0.29) is 17.8 Å². The molecule has 1 unspecified atom stereocenters. The van der Waals surface area contributed by atoms with Gasteiger partial charge in [0.1, 0.15) is 6.17 Å². The van der Waals surface area contributed by atoms with Crippen molar-refractivity contribution in [2.24, 2.45) is 0 Å². The maximum Gasteiger partial charge on any atom is 0.323 e. The summed E-state index contributed by atoms with van der Waals surface area (Å²) in [4.78, 5) is 34.5. The van der Waals surface area contributed by atoms with E-state index in [9.17, 15) is 9.59 Å². The molecular weight excluding hydrogens is 356 g/mol. The van der Waals surface area contributed by atoms with Crippen molar-refractivity contribution in [2.45, 2.75) is 6.17 Å². The number of hydrogen-bond acceptors (Lipinski definition) is 4. The van der Waals surface area contributed by atoms with Gasteiger partial charge in [0.05, 0.1) is 22.4 Å². The molecule has 2 aromatic heterocycles. The van der Waals surface area contributed by atoms with Crippen molar-refractivity contribution >= 4 is 34.0 Å². The molecule has 0 bridgehead atoms. The predicted octanol–water partition coefficient (Wildman–Crippen LogP) is 2.81. The number of aromatic nitrogens is 3. The van der Waals surface area contributed by atoms with E-state index in [4.69, 9.17) is 0 Å². The molecule has 8 heteroatoms. The van der Waals surface area contributed by atoms with Gasteiger partial charge in [-0.2, -0.15) is 0 Å². The summed E-state index contributed by atoms with van der Waals surface area (Å²) >= 11 is 0. The minimum Gasteiger partial charge on any atom is -0.367 e. The molecule has 0 saturated carbocycles. The molecule has 140 valence electrons. The van der Waals surface area contributed by atoms with Crippen LogP contribution in [0.2, 0.25) is 0 Å². The molecule has 1 aliphatic heterocycles. The van der Waals surface area contributed by atoms with Crippen molar-refractivity contribution in [3.8, 4) is 0 Å². The number of benzene rings is 2. The highest BCUT2D eigenvalue weighted by Crippen LogP contribution is 2.46. The number of imidazole rings is 1. The summed E-state index contributed by atoms with van der Waals surface area (Å²) in [7, 11) is 1.62. The van der Waals surface area contributed by atoms with Crippen LogP contribution in [-0.2, 0) is 0 Å². The lowest BCUT2D eigenvalue weighted by molar-refractivity contribution is 0.0963. The van der Waals surface area contributed by atoms with Gasteiger partial charge in [0.25, 0.3) is 5.91 Å². The van der Waals surface area contributed by atoms with E-state index < -0.39 is 0 Å². The van der Waals surface area contributed by atoms with Crippen molar-refractivity contribution < 1.29 is 4.79 Å². The number of carbonyl (C=O) groups excluding carboxylic acids is 1. The number of anilines is 3. The highest BCUT2D eigenvalue weighted by Gasteiger charge is 2.32. The molecular formula is C20H18N6O2. The van der Waals surface area contributed by atoms with Crippen molar-refractivity contribution in [1.29, 1.82) is 0 Å². The van der Waals surface area contributed by atoms with Crippen LogP contribution in [0.4, 0.5) is 17.1 Å². The summed E-state index contributed by atoms with van der Waals surface area (Å²) in [6, 6.07) is 13.4. The van der Waals surface area contributed by atoms with Gasteiger partial charge < -0.3 is 30.5 Å². The zero-order valence-corrected chi connectivity index (χ0v) is 15.0. The first kappa shape index (κ1) is 16.2. The molecule has 1 atom stereocenters. The van der Waals surface area contributed by atoms with Crippen molar-refractivity contribution in [1.82, 2.24) is 20.3 Å². The molecule has 28 heavy (non-hydrogen) atoms. The minimum absolute atomic E-state index is 0.132. The fraction of sp³-hybridized carbons (Fsp3) is 0.100. The summed E-state index contributed by atoms with van der Waals surface area (Å²) in [5.74, 6) is -0.132. The monoisotopic (exact) mass is 374 g/mol. The molecule has 0 fully saturated rings. The van der Waals surface area contributed by atoms with Crippen LogP contribution in [0.5, 0.6) is 0 Å². The van der Waals surface area contributed by atoms with E-state index >= 15 is 0 Å². The van der Waals surface area contributed by atoms with Crippen LogP contribution in [0, 0.1) is 0 Å². The fourth-order valence-electron chi connectivity index (χ4n) is 3.70. The quantitative estimate of drug-likeness (QED) is 0.380. The van der Waals surface area contributed by atoms with Crippen molar-refractivity contribution in [3.63, 3.8) is 0 Å². The van der Waals surface area contributed by atoms with Gasteiger partial charge in [-0.15, -0.1) is 0 Å². The van der Waals surface area contributed by atoms with E-state index in [2.05, 4.69) is 30.5 Å². The summed E-state index contributed by atoms with van der Waals surface area (Å²) in [6.07, 6.45) is 3.66. The third kappa shape index (κ3) is 2.46. The second kappa shape index (κ2) is 6.05. The highest BCUT2D eigenvalue weighted by atomic mass is 16.1. The van der Waals surface area contributed by atoms with Crippen molar-refractivity contribution in [2.75, 3.05) is 17.3 Å². The molecule has 0 spiro atoms. The van der Waals surface area contributed by atoms with Crippen molar-refractivity contribution in [3.05, 3.63) is 76.5 Å². The van der Waals surface area contributed by atoms with Crippen LogP contribution >= 0.6 is 0 Å². The topological polar surface area (TPSA) is 109 Å². The normalized spacial score (nSPS) is 15.5. The lowest BCUT2D eigenvalue weighted by atomic mass is 10.1. The van der Waals surface area contributed by atoms with Gasteiger partial charge in [0.2, 0.25) is 0 Å². The van der Waals surface area contributed by atoms with Crippen LogP contribution in [0.1, 0.15) is 22.1 Å². The number of rotatable bonds is 3. The second-order valence-corrected chi connectivity index (χ2v) is 6.68. The van der Waals surface area contributed by atoms with Gasteiger partial charge in [-0.3, -0.25) is 4.79 Å². The largest absolute Gasteiger partial charge is 0.367 e. The average Bonchev–Trinajstić information content (AvgIpc) is 3.42. The van der Waals surface area contributed by atoms with Gasteiger partial charge in [-0.1, -0.05) is 0 Å². The molecule has 8 nitrogen and oxygen atoms in total. The van der Waals surface area contributed by atoms with Crippen LogP contribution in [0.15, 0.2) is 59.7 Å². The lowest BCUT2D eigenvalue weighted by Crippen LogP contribution is -2.22. The minimum atomic E-state index is -0.232. The standard InChI is InChI=1S/C20H18N6O2/c1-21-19(27)11-2-5-17-16(8-11)23-18(12-6-7-22-10-12)26(17)13-3-4-14-15(9-13)25-20(28)24-14/h2-10,18,22-23H,1H3,(H,21,27)(H2,24,25,28). The van der Waals surface area contributed by atoms with Gasteiger partial charge in [0.15, 0.2) is 0 Å². The molecule has 3 heterocycles. The zero-order chi connectivity index (χ0) is 19.3. The lowest BCUT2D eigenvalue weighted by Gasteiger charge is -2.26. The number of hydrogen-bond donors (Lipinski definition) is 5. The Morgan fingerprint density at radius 2 is 1.93 bits per heavy atom. The number of carbonyl (C=O) groups is 1. The third-order valence-electron chi connectivity index (χ3n) is 5.01. The van der Waals surface area contributed by atoms with E-state index in [0.29, 0.717) is 5.56 Å². The molecule has 4 aromatic rings. The van der Waals surface area contributed by atoms with Gasteiger partial charge in [-0.25, -0.2) is 4.79 Å². The smallest absolute Gasteiger partial charge is 0.323 e. The summed E-state index contributed by atoms with van der Waals surface area (Å²) in [5, 5.41) is 6.16. The van der Waals surface area contributed by atoms with E-state index in [1.807, 2.05) is 54.9 Å². The van der Waals surface area contributed by atoms with Crippen LogP contribution in [0.25, 0.3) is 11.0 Å². The first-order valence-corrected chi connectivity index (χ1v) is 8.91. The van der Waals surface area contributed by atoms with E-state index in [0.717, 1.165) is 33.7 Å². The molecule has 5 N–H and O–H groups in total. The average molecular weight is 374 g/mol. The Labute approximate surface area is 159 Å². The van der Waals surface area contributed by atoms with Crippen LogP contribution < -0.4 is 21.2 Å². The van der Waals surface area contributed by atoms with E-state index in [1.165, 1.54) is 0 Å². The maximum absolute atomic E-state index is 12.0. The number of amides is 1. The Morgan fingerprint density at radius 1 is 1.07 bits per heavy atom. The van der Waals surface area contributed by atoms with Crippen LogP contribution in [0.3, 0.4) is 0 Å². The molecule has 5 rings (SSSR count). The second-order valence-electron chi connectivity index (χ2n) is 6.68. The third-order valence-corrected chi connectivity index (χ3v) is 5.01. The molecule has 2 aromatic carbocycles. The Hall–Kier alpha value is -3.94. The Morgan fingerprint density at radius 3 is 2.71 bits per heavy atom. The first-order valence-electron chi connectivity index (χ1n) is 8.91. The number of nitrogens with one attached hydrogen (secondary N) is 5. The Kier molecular flexibility index (Phi) is 3.51. The Balaban J connectivity index is 1.66. The molecule has 0 aliphatic carbocycles. The number of nitrogens with zero attached hydrogens (tertiary/aromatic N) is 1. The van der Waals surface area contributed by atoms with Crippen LogP contribution in [-0.4, -0.2) is 27.9 Å². The molecule has 1 amide bonds.